The first kappa shape index (κ1) is 11.4. The van der Waals surface area contributed by atoms with Crippen molar-refractivity contribution in [2.45, 2.75) is 13.0 Å². The minimum atomic E-state index is 0.590. The Bertz CT molecular complexity index is 278. The van der Waals surface area contributed by atoms with E-state index in [1.54, 1.807) is 6.20 Å². The summed E-state index contributed by atoms with van der Waals surface area (Å²) in [6.45, 7) is 2.54. The van der Waals surface area contributed by atoms with Gasteiger partial charge in [0, 0.05) is 18.3 Å². The molecule has 1 rings (SSSR count). The Morgan fingerprint density at radius 2 is 2.36 bits per heavy atom. The van der Waals surface area contributed by atoms with Gasteiger partial charge in [0.25, 0.3) is 0 Å². The van der Waals surface area contributed by atoms with Gasteiger partial charge in [0.05, 0.1) is 0 Å². The van der Waals surface area contributed by atoms with Crippen LogP contribution < -0.4 is 5.73 Å². The molecule has 0 amide bonds. The molecule has 14 heavy (non-hydrogen) atoms. The zero-order chi connectivity index (χ0) is 10.4. The molecule has 1 aromatic rings. The van der Waals surface area contributed by atoms with Crippen molar-refractivity contribution < 1.29 is 0 Å². The molecule has 0 saturated heterocycles. The van der Waals surface area contributed by atoms with E-state index in [9.17, 15) is 0 Å². The third kappa shape index (κ3) is 3.62. The first-order chi connectivity index (χ1) is 6.74. The van der Waals surface area contributed by atoms with Crippen LogP contribution in [0.5, 0.6) is 0 Å². The number of rotatable bonds is 5. The molecular weight excluding hydrogens is 198 g/mol. The van der Waals surface area contributed by atoms with Crippen LogP contribution in [-0.4, -0.2) is 30.0 Å². The van der Waals surface area contributed by atoms with Crippen LogP contribution in [0.1, 0.15) is 12.0 Å². The van der Waals surface area contributed by atoms with E-state index in [-0.39, 0.29) is 0 Å². The molecule has 0 aliphatic rings. The van der Waals surface area contributed by atoms with Crippen LogP contribution in [0.2, 0.25) is 5.15 Å². The third-order valence-corrected chi connectivity index (χ3v) is 2.36. The van der Waals surface area contributed by atoms with Crippen LogP contribution >= 0.6 is 11.6 Å². The standard InChI is InChI=1S/C10H16ClN3/c1-14(7-3-5-12)8-9-4-2-6-13-10(9)11/h2,4,6H,3,5,7-8,12H2,1H3. The molecule has 0 aromatic carbocycles. The lowest BCUT2D eigenvalue weighted by Gasteiger charge is -2.16. The Balaban J connectivity index is 2.47. The van der Waals surface area contributed by atoms with Crippen LogP contribution in [0.3, 0.4) is 0 Å². The zero-order valence-corrected chi connectivity index (χ0v) is 9.17. The predicted molar refractivity (Wildman–Crippen MR) is 59.3 cm³/mol. The topological polar surface area (TPSA) is 42.1 Å². The quantitative estimate of drug-likeness (QED) is 0.755. The van der Waals surface area contributed by atoms with E-state index in [0.717, 1.165) is 31.6 Å². The van der Waals surface area contributed by atoms with Gasteiger partial charge in [0.15, 0.2) is 0 Å². The van der Waals surface area contributed by atoms with Gasteiger partial charge in [0.2, 0.25) is 0 Å². The maximum Gasteiger partial charge on any atom is 0.133 e. The molecule has 0 saturated carbocycles. The minimum Gasteiger partial charge on any atom is -0.330 e. The molecule has 0 unspecified atom stereocenters. The van der Waals surface area contributed by atoms with Gasteiger partial charge in [-0.25, -0.2) is 4.98 Å². The molecule has 4 heteroatoms. The van der Waals surface area contributed by atoms with E-state index in [1.165, 1.54) is 0 Å². The molecule has 0 bridgehead atoms. The zero-order valence-electron chi connectivity index (χ0n) is 8.41. The summed E-state index contributed by atoms with van der Waals surface area (Å²) in [7, 11) is 2.05. The number of pyridine rings is 1. The molecule has 2 N–H and O–H groups in total. The third-order valence-electron chi connectivity index (χ3n) is 2.02. The number of hydrogen-bond donors (Lipinski definition) is 1. The summed E-state index contributed by atoms with van der Waals surface area (Å²) in [5, 5.41) is 0.590. The van der Waals surface area contributed by atoms with Crippen molar-refractivity contribution >= 4 is 11.6 Å². The van der Waals surface area contributed by atoms with Gasteiger partial charge in [-0.2, -0.15) is 0 Å². The van der Waals surface area contributed by atoms with Crippen LogP contribution in [0, 0.1) is 0 Å². The maximum absolute atomic E-state index is 5.94. The van der Waals surface area contributed by atoms with Gasteiger partial charge in [-0.3, -0.25) is 0 Å². The number of nitrogens with two attached hydrogens (primary N) is 1. The lowest BCUT2D eigenvalue weighted by Crippen LogP contribution is -2.21. The first-order valence-electron chi connectivity index (χ1n) is 4.72. The second-order valence-electron chi connectivity index (χ2n) is 3.33. The van der Waals surface area contributed by atoms with E-state index in [2.05, 4.69) is 16.9 Å². The van der Waals surface area contributed by atoms with Crippen LogP contribution in [-0.2, 0) is 6.54 Å². The monoisotopic (exact) mass is 213 g/mol. The molecule has 1 aromatic heterocycles. The van der Waals surface area contributed by atoms with Crippen molar-refractivity contribution in [3.8, 4) is 0 Å². The molecule has 78 valence electrons. The van der Waals surface area contributed by atoms with Crippen molar-refractivity contribution in [2.75, 3.05) is 20.1 Å². The van der Waals surface area contributed by atoms with Gasteiger partial charge < -0.3 is 10.6 Å². The average Bonchev–Trinajstić information content (AvgIpc) is 2.18. The minimum absolute atomic E-state index is 0.590. The van der Waals surface area contributed by atoms with Gasteiger partial charge in [0.1, 0.15) is 5.15 Å². The molecule has 0 spiro atoms. The van der Waals surface area contributed by atoms with Crippen LogP contribution in [0.25, 0.3) is 0 Å². The van der Waals surface area contributed by atoms with E-state index in [4.69, 9.17) is 17.3 Å². The molecule has 0 radical (unpaired) electrons. The number of nitrogens with zero attached hydrogens (tertiary/aromatic N) is 2. The van der Waals surface area contributed by atoms with Crippen molar-refractivity contribution in [2.24, 2.45) is 5.73 Å². The molecular formula is C10H16ClN3. The summed E-state index contributed by atoms with van der Waals surface area (Å²) < 4.78 is 0. The Hall–Kier alpha value is -0.640. The first-order valence-corrected chi connectivity index (χ1v) is 5.10. The van der Waals surface area contributed by atoms with Crippen molar-refractivity contribution in [3.05, 3.63) is 29.0 Å². The summed E-state index contributed by atoms with van der Waals surface area (Å²) in [6.07, 6.45) is 2.71. The highest BCUT2D eigenvalue weighted by molar-refractivity contribution is 6.30. The highest BCUT2D eigenvalue weighted by Gasteiger charge is 2.03. The summed E-state index contributed by atoms with van der Waals surface area (Å²) in [4.78, 5) is 6.22. The number of hydrogen-bond acceptors (Lipinski definition) is 3. The van der Waals surface area contributed by atoms with Crippen molar-refractivity contribution in [3.63, 3.8) is 0 Å². The molecule has 0 atom stereocenters. The van der Waals surface area contributed by atoms with Crippen LogP contribution in [0.15, 0.2) is 18.3 Å². The summed E-state index contributed by atoms with van der Waals surface area (Å²) >= 11 is 5.94. The summed E-state index contributed by atoms with van der Waals surface area (Å²) in [5.41, 5.74) is 6.50. The average molecular weight is 214 g/mol. The van der Waals surface area contributed by atoms with Crippen molar-refractivity contribution in [1.29, 1.82) is 0 Å². The smallest absolute Gasteiger partial charge is 0.133 e. The van der Waals surface area contributed by atoms with Crippen LogP contribution in [0.4, 0.5) is 0 Å². The fourth-order valence-corrected chi connectivity index (χ4v) is 1.45. The van der Waals surface area contributed by atoms with Gasteiger partial charge in [-0.15, -0.1) is 0 Å². The Morgan fingerprint density at radius 1 is 1.57 bits per heavy atom. The molecule has 0 fully saturated rings. The molecule has 0 aliphatic heterocycles. The number of halogens is 1. The molecule has 0 aliphatic carbocycles. The Labute approximate surface area is 89.9 Å². The SMILES string of the molecule is CN(CCCN)Cc1cccnc1Cl. The molecule has 1 heterocycles. The molecule has 3 nitrogen and oxygen atoms in total. The second-order valence-corrected chi connectivity index (χ2v) is 3.69. The van der Waals surface area contributed by atoms with E-state index in [0.29, 0.717) is 5.15 Å². The summed E-state index contributed by atoms with van der Waals surface area (Å²) in [5.74, 6) is 0. The van der Waals surface area contributed by atoms with E-state index in [1.807, 2.05) is 12.1 Å². The lowest BCUT2D eigenvalue weighted by molar-refractivity contribution is 0.324. The number of aromatic nitrogens is 1. The Morgan fingerprint density at radius 3 is 3.00 bits per heavy atom. The lowest BCUT2D eigenvalue weighted by atomic mass is 10.2. The largest absolute Gasteiger partial charge is 0.330 e. The van der Waals surface area contributed by atoms with E-state index < -0.39 is 0 Å². The summed E-state index contributed by atoms with van der Waals surface area (Å²) in [6, 6.07) is 3.90. The maximum atomic E-state index is 5.94. The second kappa shape index (κ2) is 5.96. The highest BCUT2D eigenvalue weighted by Crippen LogP contribution is 2.13. The van der Waals surface area contributed by atoms with Gasteiger partial charge in [-0.1, -0.05) is 17.7 Å². The predicted octanol–water partition coefficient (Wildman–Crippen LogP) is 1.52. The van der Waals surface area contributed by atoms with Gasteiger partial charge in [-0.05, 0) is 32.6 Å². The highest BCUT2D eigenvalue weighted by atomic mass is 35.5. The normalized spacial score (nSPS) is 10.9. The fourth-order valence-electron chi connectivity index (χ4n) is 1.27. The Kier molecular flexibility index (Phi) is 4.87. The fraction of sp³-hybridized carbons (Fsp3) is 0.500. The van der Waals surface area contributed by atoms with Gasteiger partial charge >= 0.3 is 0 Å². The van der Waals surface area contributed by atoms with Crippen molar-refractivity contribution in [1.82, 2.24) is 9.88 Å². The van der Waals surface area contributed by atoms with E-state index >= 15 is 0 Å².